The lowest BCUT2D eigenvalue weighted by Crippen LogP contribution is -2.36. The number of amides is 1. The highest BCUT2D eigenvalue weighted by molar-refractivity contribution is 9.10. The molecule has 1 aliphatic rings. The minimum absolute atomic E-state index is 0.152. The summed E-state index contributed by atoms with van der Waals surface area (Å²) in [6, 6.07) is 15.3. The molecule has 130 valence electrons. The van der Waals surface area contributed by atoms with E-state index in [4.69, 9.17) is 9.57 Å². The van der Waals surface area contributed by atoms with E-state index in [9.17, 15) is 4.79 Å². The van der Waals surface area contributed by atoms with Gasteiger partial charge in [-0.3, -0.25) is 4.79 Å². The highest BCUT2D eigenvalue weighted by Crippen LogP contribution is 2.22. The maximum atomic E-state index is 12.5. The fourth-order valence-electron chi connectivity index (χ4n) is 2.66. The molecule has 2 aromatic rings. The molecule has 0 radical (unpaired) electrons. The lowest BCUT2D eigenvalue weighted by atomic mass is 10.0. The molecule has 5 nitrogen and oxygen atoms in total. The number of carbonyl (C=O) groups excluding carboxylic acids is 1. The van der Waals surface area contributed by atoms with Gasteiger partial charge in [-0.25, -0.2) is 0 Å². The first kappa shape index (κ1) is 17.5. The van der Waals surface area contributed by atoms with E-state index in [1.165, 1.54) is 0 Å². The zero-order chi connectivity index (χ0) is 17.8. The Morgan fingerprint density at radius 2 is 2.12 bits per heavy atom. The van der Waals surface area contributed by atoms with Gasteiger partial charge in [-0.05, 0) is 36.8 Å². The number of methoxy groups -OCH3 is 1. The molecule has 25 heavy (non-hydrogen) atoms. The lowest BCUT2D eigenvalue weighted by molar-refractivity contribution is -0.131. The second-order valence-corrected chi connectivity index (χ2v) is 6.77. The Kier molecular flexibility index (Phi) is 5.38. The number of nitrogens with zero attached hydrogens (tertiary/aromatic N) is 1. The molecule has 1 heterocycles. The third-order valence-electron chi connectivity index (χ3n) is 4.07. The maximum Gasteiger partial charge on any atom is 0.264 e. The summed E-state index contributed by atoms with van der Waals surface area (Å²) in [5.74, 6) is 0.583. The molecule has 6 heteroatoms. The molecule has 2 aromatic carbocycles. The van der Waals surface area contributed by atoms with Gasteiger partial charge in [0.25, 0.3) is 5.91 Å². The Morgan fingerprint density at radius 3 is 2.88 bits per heavy atom. The number of nitrogens with one attached hydrogen (secondary N) is 1. The summed E-state index contributed by atoms with van der Waals surface area (Å²) in [6.45, 7) is 1.93. The van der Waals surface area contributed by atoms with Crippen LogP contribution in [0.25, 0.3) is 0 Å². The molecule has 0 saturated carbocycles. The van der Waals surface area contributed by atoms with Crippen LogP contribution in [-0.4, -0.2) is 24.8 Å². The van der Waals surface area contributed by atoms with Crippen molar-refractivity contribution in [2.75, 3.05) is 7.11 Å². The van der Waals surface area contributed by atoms with E-state index >= 15 is 0 Å². The Labute approximate surface area is 155 Å². The third kappa shape index (κ3) is 4.20. The van der Waals surface area contributed by atoms with Gasteiger partial charge in [-0.2, -0.15) is 0 Å². The highest BCUT2D eigenvalue weighted by atomic mass is 79.9. The molecular weight excluding hydrogens is 384 g/mol. The van der Waals surface area contributed by atoms with Gasteiger partial charge in [-0.15, -0.1) is 0 Å². The minimum Gasteiger partial charge on any atom is -0.497 e. The van der Waals surface area contributed by atoms with Crippen molar-refractivity contribution in [3.05, 3.63) is 64.1 Å². The molecule has 0 aromatic heterocycles. The lowest BCUT2D eigenvalue weighted by Gasteiger charge is -2.17. The van der Waals surface area contributed by atoms with E-state index < -0.39 is 6.10 Å². The molecule has 0 saturated heterocycles. The van der Waals surface area contributed by atoms with E-state index in [2.05, 4.69) is 26.4 Å². The summed E-state index contributed by atoms with van der Waals surface area (Å²) in [6.07, 6.45) is -0.158. The highest BCUT2D eigenvalue weighted by Gasteiger charge is 2.29. The van der Waals surface area contributed by atoms with Crippen molar-refractivity contribution in [2.24, 2.45) is 5.16 Å². The zero-order valence-electron chi connectivity index (χ0n) is 14.0. The van der Waals surface area contributed by atoms with E-state index in [1.807, 2.05) is 55.5 Å². The molecule has 2 atom stereocenters. The summed E-state index contributed by atoms with van der Waals surface area (Å²) in [5.41, 5.74) is 2.69. The van der Waals surface area contributed by atoms with Crippen LogP contribution < -0.4 is 10.1 Å². The molecule has 1 aliphatic heterocycles. The summed E-state index contributed by atoms with van der Waals surface area (Å²) in [5, 5.41) is 7.04. The molecule has 1 N–H and O–H groups in total. The van der Waals surface area contributed by atoms with Crippen LogP contribution in [-0.2, 0) is 9.63 Å². The normalized spacial score (nSPS) is 17.4. The van der Waals surface area contributed by atoms with Gasteiger partial charge in [-0.1, -0.05) is 45.4 Å². The monoisotopic (exact) mass is 402 g/mol. The van der Waals surface area contributed by atoms with Gasteiger partial charge in [0.2, 0.25) is 6.10 Å². The summed E-state index contributed by atoms with van der Waals surface area (Å²) in [4.78, 5) is 17.8. The number of benzene rings is 2. The van der Waals surface area contributed by atoms with Gasteiger partial charge >= 0.3 is 0 Å². The molecule has 0 fully saturated rings. The molecule has 0 spiro atoms. The largest absolute Gasteiger partial charge is 0.497 e. The Balaban J connectivity index is 1.61. The maximum absolute atomic E-state index is 12.5. The van der Waals surface area contributed by atoms with Crippen molar-refractivity contribution in [2.45, 2.75) is 25.5 Å². The average molecular weight is 403 g/mol. The van der Waals surface area contributed by atoms with Crippen molar-refractivity contribution in [1.29, 1.82) is 0 Å². The van der Waals surface area contributed by atoms with E-state index in [1.54, 1.807) is 7.11 Å². The molecule has 0 bridgehead atoms. The summed E-state index contributed by atoms with van der Waals surface area (Å²) in [7, 11) is 1.62. The van der Waals surface area contributed by atoms with Crippen LogP contribution in [0.2, 0.25) is 0 Å². The number of rotatable bonds is 5. The second-order valence-electron chi connectivity index (χ2n) is 5.85. The fourth-order valence-corrected chi connectivity index (χ4v) is 3.06. The average Bonchev–Trinajstić information content (AvgIpc) is 3.12. The van der Waals surface area contributed by atoms with E-state index in [0.717, 1.165) is 27.1 Å². The number of hydrogen-bond donors (Lipinski definition) is 1. The quantitative estimate of drug-likeness (QED) is 0.826. The molecular formula is C19H19BrN2O3. The van der Waals surface area contributed by atoms with Crippen molar-refractivity contribution < 1.29 is 14.4 Å². The Hall–Kier alpha value is -2.34. The number of carbonyl (C=O) groups is 1. The van der Waals surface area contributed by atoms with Crippen LogP contribution in [0.15, 0.2) is 58.2 Å². The number of hydrogen-bond acceptors (Lipinski definition) is 4. The Bertz CT molecular complexity index is 807. The topological polar surface area (TPSA) is 59.9 Å². The Morgan fingerprint density at radius 1 is 1.32 bits per heavy atom. The van der Waals surface area contributed by atoms with Crippen LogP contribution in [0.3, 0.4) is 0 Å². The minimum atomic E-state index is -0.609. The van der Waals surface area contributed by atoms with Gasteiger partial charge in [0.1, 0.15) is 5.75 Å². The van der Waals surface area contributed by atoms with Crippen molar-refractivity contribution in [1.82, 2.24) is 5.32 Å². The molecule has 0 aliphatic carbocycles. The van der Waals surface area contributed by atoms with Crippen molar-refractivity contribution >= 4 is 27.5 Å². The second kappa shape index (κ2) is 7.70. The van der Waals surface area contributed by atoms with E-state index in [0.29, 0.717) is 6.42 Å². The first-order chi connectivity index (χ1) is 12.1. The fraction of sp³-hybridized carbons (Fsp3) is 0.263. The van der Waals surface area contributed by atoms with Gasteiger partial charge < -0.3 is 14.9 Å². The molecule has 1 amide bonds. The summed E-state index contributed by atoms with van der Waals surface area (Å²) >= 11 is 3.44. The molecule has 3 rings (SSSR count). The van der Waals surface area contributed by atoms with Gasteiger partial charge in [0, 0.05) is 16.5 Å². The predicted octanol–water partition coefficient (Wildman–Crippen LogP) is 3.83. The molecule has 0 unspecified atom stereocenters. The van der Waals surface area contributed by atoms with E-state index in [-0.39, 0.29) is 11.9 Å². The number of halogens is 1. The standard InChI is InChI=1S/C19H19BrN2O3/c1-12(13-5-4-8-16(10-13)24-2)21-19(23)18-11-17(22-25-18)14-6-3-7-15(20)9-14/h3-10,12,18H,11H2,1-2H3,(H,21,23)/t12-,18-/m1/s1. The van der Waals surface area contributed by atoms with Crippen molar-refractivity contribution in [3.8, 4) is 5.75 Å². The van der Waals surface area contributed by atoms with Crippen LogP contribution in [0.4, 0.5) is 0 Å². The van der Waals surface area contributed by atoms with Gasteiger partial charge in [0.05, 0.1) is 18.9 Å². The smallest absolute Gasteiger partial charge is 0.264 e. The van der Waals surface area contributed by atoms with Crippen molar-refractivity contribution in [3.63, 3.8) is 0 Å². The third-order valence-corrected chi connectivity index (χ3v) is 4.56. The van der Waals surface area contributed by atoms with Gasteiger partial charge in [0.15, 0.2) is 0 Å². The number of oxime groups is 1. The zero-order valence-corrected chi connectivity index (χ0v) is 15.6. The first-order valence-corrected chi connectivity index (χ1v) is 8.79. The summed E-state index contributed by atoms with van der Waals surface area (Å²) < 4.78 is 6.19. The number of ether oxygens (including phenoxy) is 1. The SMILES string of the molecule is COc1cccc([C@@H](C)NC(=O)[C@H]2CC(c3cccc(Br)c3)=NO2)c1. The van der Waals surface area contributed by atoms with Crippen LogP contribution in [0, 0.1) is 0 Å². The first-order valence-electron chi connectivity index (χ1n) is 8.00. The van der Waals surface area contributed by atoms with Crippen LogP contribution in [0.1, 0.15) is 30.5 Å². The van der Waals surface area contributed by atoms with Crippen LogP contribution in [0.5, 0.6) is 5.75 Å². The van der Waals surface area contributed by atoms with Crippen LogP contribution >= 0.6 is 15.9 Å². The predicted molar refractivity (Wildman–Crippen MR) is 99.7 cm³/mol.